The van der Waals surface area contributed by atoms with Crippen LogP contribution in [0.5, 0.6) is 11.5 Å². The highest BCUT2D eigenvalue weighted by atomic mass is 35.5. The molecule has 1 aliphatic rings. The number of rotatable bonds is 6. The third-order valence-corrected chi connectivity index (χ3v) is 7.10. The van der Waals surface area contributed by atoms with Crippen molar-refractivity contribution in [2.24, 2.45) is 0 Å². The van der Waals surface area contributed by atoms with Crippen LogP contribution in [-0.4, -0.2) is 24.7 Å². The molecule has 0 bridgehead atoms. The van der Waals surface area contributed by atoms with Gasteiger partial charge in [0.25, 0.3) is 5.56 Å². The molecule has 0 unspecified atom stereocenters. The number of amides is 1. The van der Waals surface area contributed by atoms with E-state index >= 15 is 0 Å². The Kier molecular flexibility index (Phi) is 6.96. The normalized spacial score (nSPS) is 16.4. The summed E-state index contributed by atoms with van der Waals surface area (Å²) in [5.41, 5.74) is 2.18. The Balaban J connectivity index is 1.67. The van der Waals surface area contributed by atoms with E-state index in [0.29, 0.717) is 32.9 Å². The van der Waals surface area contributed by atoms with Gasteiger partial charge in [-0.1, -0.05) is 53.5 Å². The van der Waals surface area contributed by atoms with Crippen LogP contribution >= 0.6 is 23.2 Å². The Morgan fingerprint density at radius 3 is 2.03 bits per heavy atom. The molecule has 1 aromatic heterocycles. The summed E-state index contributed by atoms with van der Waals surface area (Å²) in [6.07, 6.45) is 0.0425. The lowest BCUT2D eigenvalue weighted by molar-refractivity contribution is -0.118. The summed E-state index contributed by atoms with van der Waals surface area (Å²) in [7, 11) is 3.14. The van der Waals surface area contributed by atoms with Gasteiger partial charge in [-0.25, -0.2) is 0 Å². The van der Waals surface area contributed by atoms with Gasteiger partial charge in [-0.15, -0.1) is 0 Å². The van der Waals surface area contributed by atoms with Crippen molar-refractivity contribution in [1.82, 2.24) is 4.57 Å². The molecule has 0 N–H and O–H groups in total. The second-order valence-electron chi connectivity index (χ2n) is 8.70. The molecule has 188 valence electrons. The molecule has 0 saturated carbocycles. The molecular weight excluding hydrogens is 511 g/mol. The summed E-state index contributed by atoms with van der Waals surface area (Å²) < 4.78 is 12.6. The second kappa shape index (κ2) is 10.3. The Morgan fingerprint density at radius 2 is 1.43 bits per heavy atom. The number of hydrogen-bond acceptors (Lipinski definition) is 4. The Bertz CT molecular complexity index is 1500. The minimum Gasteiger partial charge on any atom is -0.497 e. The highest BCUT2D eigenvalue weighted by Gasteiger charge is 2.43. The van der Waals surface area contributed by atoms with Crippen LogP contribution in [0.1, 0.15) is 28.8 Å². The van der Waals surface area contributed by atoms with Gasteiger partial charge in [0, 0.05) is 21.7 Å². The van der Waals surface area contributed by atoms with E-state index in [0.717, 1.165) is 11.1 Å². The topological polar surface area (TPSA) is 60.8 Å². The monoisotopic (exact) mass is 534 g/mol. The standard InChI is InChI=1S/C29H24Cl2N2O4/c1-36-23-14-15-24(37-2)20(16-23)17-27(35)33-25-4-3-5-26(34)32(25)28(18-6-10-21(30)11-7-18)29(33)19-8-12-22(31)13-9-19/h3-16,28-29H,17H2,1-2H3/t28-,29+/m0/s1. The van der Waals surface area contributed by atoms with Gasteiger partial charge in [0.15, 0.2) is 0 Å². The quantitative estimate of drug-likeness (QED) is 0.300. The average Bonchev–Trinajstić information content (AvgIpc) is 3.26. The number of benzene rings is 3. The summed E-state index contributed by atoms with van der Waals surface area (Å²) in [5.74, 6) is 1.52. The van der Waals surface area contributed by atoms with E-state index in [2.05, 4.69) is 0 Å². The van der Waals surface area contributed by atoms with E-state index in [1.165, 1.54) is 6.07 Å². The average molecular weight is 535 g/mol. The minimum atomic E-state index is -0.502. The van der Waals surface area contributed by atoms with Crippen LogP contribution in [0.3, 0.4) is 0 Å². The molecule has 2 heterocycles. The third-order valence-electron chi connectivity index (χ3n) is 6.59. The number of methoxy groups -OCH3 is 2. The van der Waals surface area contributed by atoms with Crippen molar-refractivity contribution >= 4 is 34.9 Å². The van der Waals surface area contributed by atoms with Crippen LogP contribution in [0.4, 0.5) is 5.82 Å². The van der Waals surface area contributed by atoms with Crippen molar-refractivity contribution in [2.45, 2.75) is 18.5 Å². The number of carbonyl (C=O) groups is 1. The zero-order valence-corrected chi connectivity index (χ0v) is 21.7. The molecule has 0 radical (unpaired) electrons. The van der Waals surface area contributed by atoms with Gasteiger partial charge < -0.3 is 9.47 Å². The number of halogens is 2. The van der Waals surface area contributed by atoms with Crippen LogP contribution in [0.2, 0.25) is 10.0 Å². The summed E-state index contributed by atoms with van der Waals surface area (Å²) in [5, 5.41) is 1.17. The molecule has 5 rings (SSSR count). The van der Waals surface area contributed by atoms with Crippen molar-refractivity contribution in [3.63, 3.8) is 0 Å². The molecule has 6 nitrogen and oxygen atoms in total. The maximum Gasteiger partial charge on any atom is 0.252 e. The first-order chi connectivity index (χ1) is 17.9. The fourth-order valence-electron chi connectivity index (χ4n) is 4.92. The van der Waals surface area contributed by atoms with Crippen LogP contribution in [0.25, 0.3) is 0 Å². The number of ether oxygens (including phenoxy) is 2. The largest absolute Gasteiger partial charge is 0.497 e. The van der Waals surface area contributed by atoms with Crippen LogP contribution in [-0.2, 0) is 11.2 Å². The summed E-state index contributed by atoms with van der Waals surface area (Å²) in [6.45, 7) is 0. The number of pyridine rings is 1. The van der Waals surface area contributed by atoms with Gasteiger partial charge in [0.05, 0.1) is 32.7 Å². The third kappa shape index (κ3) is 4.70. The maximum absolute atomic E-state index is 14.1. The molecule has 8 heteroatoms. The lowest BCUT2D eigenvalue weighted by atomic mass is 9.93. The molecule has 0 fully saturated rings. The van der Waals surface area contributed by atoms with Crippen molar-refractivity contribution in [1.29, 1.82) is 0 Å². The van der Waals surface area contributed by atoms with Gasteiger partial charge >= 0.3 is 0 Å². The Labute approximate surface area is 224 Å². The van der Waals surface area contributed by atoms with E-state index in [1.807, 2.05) is 24.3 Å². The van der Waals surface area contributed by atoms with E-state index < -0.39 is 12.1 Å². The molecule has 1 amide bonds. The number of hydrogen-bond donors (Lipinski definition) is 0. The lowest BCUT2D eigenvalue weighted by Gasteiger charge is -2.28. The Hall–Kier alpha value is -3.74. The molecule has 0 aliphatic carbocycles. The number of nitrogens with zero attached hydrogens (tertiary/aromatic N) is 2. The fourth-order valence-corrected chi connectivity index (χ4v) is 5.18. The summed E-state index contributed by atoms with van der Waals surface area (Å²) in [4.78, 5) is 29.0. The van der Waals surface area contributed by atoms with Crippen molar-refractivity contribution in [3.05, 3.63) is 122 Å². The van der Waals surface area contributed by atoms with E-state index in [9.17, 15) is 9.59 Å². The minimum absolute atomic E-state index is 0.0425. The van der Waals surface area contributed by atoms with Gasteiger partial charge in [-0.2, -0.15) is 0 Å². The van der Waals surface area contributed by atoms with Crippen molar-refractivity contribution in [3.8, 4) is 11.5 Å². The first-order valence-electron chi connectivity index (χ1n) is 11.7. The van der Waals surface area contributed by atoms with E-state index in [-0.39, 0.29) is 17.9 Å². The van der Waals surface area contributed by atoms with Gasteiger partial charge in [0.1, 0.15) is 17.3 Å². The highest BCUT2D eigenvalue weighted by Crippen LogP contribution is 2.47. The summed E-state index contributed by atoms with van der Waals surface area (Å²) in [6, 6.07) is 24.0. The number of anilines is 1. The molecule has 4 aromatic rings. The number of aromatic nitrogens is 1. The van der Waals surface area contributed by atoms with Crippen molar-refractivity contribution in [2.75, 3.05) is 19.1 Å². The second-order valence-corrected chi connectivity index (χ2v) is 9.58. The van der Waals surface area contributed by atoms with Gasteiger partial charge in [0.2, 0.25) is 5.91 Å². The first-order valence-corrected chi connectivity index (χ1v) is 12.4. The molecule has 37 heavy (non-hydrogen) atoms. The molecular formula is C29H24Cl2N2O4. The summed E-state index contributed by atoms with van der Waals surface area (Å²) >= 11 is 12.4. The zero-order valence-electron chi connectivity index (χ0n) is 20.2. The predicted octanol–water partition coefficient (Wildman–Crippen LogP) is 6.09. The Morgan fingerprint density at radius 1 is 0.811 bits per heavy atom. The molecule has 0 spiro atoms. The van der Waals surface area contributed by atoms with E-state index in [4.69, 9.17) is 32.7 Å². The van der Waals surface area contributed by atoms with Crippen LogP contribution in [0, 0.1) is 0 Å². The van der Waals surface area contributed by atoms with Crippen LogP contribution < -0.4 is 19.9 Å². The fraction of sp³-hybridized carbons (Fsp3) is 0.172. The molecule has 0 saturated heterocycles. The molecule has 2 atom stereocenters. The van der Waals surface area contributed by atoms with Crippen LogP contribution in [0.15, 0.2) is 89.7 Å². The maximum atomic E-state index is 14.1. The predicted molar refractivity (Wildman–Crippen MR) is 145 cm³/mol. The number of fused-ring (bicyclic) bond motifs is 1. The zero-order chi connectivity index (χ0) is 26.1. The van der Waals surface area contributed by atoms with Gasteiger partial charge in [-0.05, 0) is 59.7 Å². The first kappa shape index (κ1) is 24.9. The molecule has 1 aliphatic heterocycles. The molecule has 3 aromatic carbocycles. The van der Waals surface area contributed by atoms with Gasteiger partial charge in [-0.3, -0.25) is 19.1 Å². The number of carbonyl (C=O) groups excluding carboxylic acids is 1. The van der Waals surface area contributed by atoms with Crippen molar-refractivity contribution < 1.29 is 14.3 Å². The van der Waals surface area contributed by atoms with E-state index in [1.54, 1.807) is 78.3 Å². The lowest BCUT2D eigenvalue weighted by Crippen LogP contribution is -2.34. The highest BCUT2D eigenvalue weighted by molar-refractivity contribution is 6.30. The SMILES string of the molecule is COc1ccc(OC)c(CC(=O)N2c3cccc(=O)n3[C@@H](c3ccc(Cl)cc3)[C@H]2c2ccc(Cl)cc2)c1. The smallest absolute Gasteiger partial charge is 0.252 e.